The third-order valence-electron chi connectivity index (χ3n) is 5.89. The number of fused-ring (bicyclic) bond motifs is 3. The SMILES string of the molecule is NC(=O)c1cccc2c1c1ccc(-c3ccc(C(F)(F)F)cc3)cc1n2Cc1ccccc1. The fourth-order valence-corrected chi connectivity index (χ4v) is 4.32. The standard InChI is InChI=1S/C27H19F3N2O/c28-27(29,30)20-12-9-18(10-13-20)19-11-14-21-24(15-19)32(16-17-5-2-1-3-6-17)23-8-4-7-22(25(21)23)26(31)33/h1-15H,16H2,(H2,31,33). The molecule has 0 unspecified atom stereocenters. The van der Waals surface area contributed by atoms with Gasteiger partial charge in [-0.15, -0.1) is 0 Å². The highest BCUT2D eigenvalue weighted by molar-refractivity contribution is 6.18. The first-order valence-electron chi connectivity index (χ1n) is 10.4. The molecule has 5 rings (SSSR count). The molecule has 1 heterocycles. The van der Waals surface area contributed by atoms with Crippen LogP contribution in [0.4, 0.5) is 13.2 Å². The van der Waals surface area contributed by atoms with E-state index in [9.17, 15) is 18.0 Å². The van der Waals surface area contributed by atoms with Crippen LogP contribution in [-0.2, 0) is 12.7 Å². The Morgan fingerprint density at radius 1 is 0.788 bits per heavy atom. The number of halogens is 3. The van der Waals surface area contributed by atoms with Gasteiger partial charge in [0, 0.05) is 22.9 Å². The molecule has 2 N–H and O–H groups in total. The van der Waals surface area contributed by atoms with Crippen molar-refractivity contribution in [3.05, 3.63) is 108 Å². The van der Waals surface area contributed by atoms with Gasteiger partial charge in [0.05, 0.1) is 16.6 Å². The molecule has 0 atom stereocenters. The molecular formula is C27H19F3N2O. The minimum atomic E-state index is -4.38. The highest BCUT2D eigenvalue weighted by Crippen LogP contribution is 2.36. The lowest BCUT2D eigenvalue weighted by Gasteiger charge is -2.10. The minimum absolute atomic E-state index is 0.437. The van der Waals surface area contributed by atoms with Crippen molar-refractivity contribution in [1.29, 1.82) is 0 Å². The van der Waals surface area contributed by atoms with Crippen molar-refractivity contribution < 1.29 is 18.0 Å². The van der Waals surface area contributed by atoms with Crippen molar-refractivity contribution in [3.8, 4) is 11.1 Å². The molecule has 1 amide bonds. The molecule has 5 aromatic rings. The number of nitrogens with two attached hydrogens (primary N) is 1. The largest absolute Gasteiger partial charge is 0.416 e. The Labute approximate surface area is 187 Å². The van der Waals surface area contributed by atoms with E-state index in [1.807, 2.05) is 54.6 Å². The number of hydrogen-bond acceptors (Lipinski definition) is 1. The van der Waals surface area contributed by atoms with Crippen molar-refractivity contribution in [1.82, 2.24) is 4.57 Å². The van der Waals surface area contributed by atoms with Crippen molar-refractivity contribution in [2.75, 3.05) is 0 Å². The molecule has 6 heteroatoms. The molecular weight excluding hydrogens is 425 g/mol. The Hall–Kier alpha value is -4.06. The van der Waals surface area contributed by atoms with E-state index < -0.39 is 17.6 Å². The molecule has 4 aromatic carbocycles. The van der Waals surface area contributed by atoms with Gasteiger partial charge in [0.2, 0.25) is 5.91 Å². The lowest BCUT2D eigenvalue weighted by molar-refractivity contribution is -0.137. The van der Waals surface area contributed by atoms with E-state index >= 15 is 0 Å². The summed E-state index contributed by atoms with van der Waals surface area (Å²) in [6.07, 6.45) is -4.38. The molecule has 33 heavy (non-hydrogen) atoms. The summed E-state index contributed by atoms with van der Waals surface area (Å²) in [6, 6.07) is 26.2. The monoisotopic (exact) mass is 444 g/mol. The highest BCUT2D eigenvalue weighted by atomic mass is 19.4. The van der Waals surface area contributed by atoms with Crippen molar-refractivity contribution in [3.63, 3.8) is 0 Å². The Morgan fingerprint density at radius 3 is 2.15 bits per heavy atom. The summed E-state index contributed by atoms with van der Waals surface area (Å²) in [4.78, 5) is 12.1. The van der Waals surface area contributed by atoms with E-state index in [-0.39, 0.29) is 0 Å². The summed E-state index contributed by atoms with van der Waals surface area (Å²) in [5, 5.41) is 1.64. The molecule has 0 bridgehead atoms. The Balaban J connectivity index is 1.73. The van der Waals surface area contributed by atoms with Crippen LogP contribution >= 0.6 is 0 Å². The summed E-state index contributed by atoms with van der Waals surface area (Å²) in [7, 11) is 0. The van der Waals surface area contributed by atoms with Gasteiger partial charge in [-0.25, -0.2) is 0 Å². The lowest BCUT2D eigenvalue weighted by atomic mass is 10.0. The Kier molecular flexibility index (Phi) is 4.93. The molecule has 1 aromatic heterocycles. The number of aromatic nitrogens is 1. The van der Waals surface area contributed by atoms with Gasteiger partial charge in [-0.05, 0) is 47.0 Å². The Bertz CT molecular complexity index is 1480. The normalized spacial score (nSPS) is 11.8. The predicted molar refractivity (Wildman–Crippen MR) is 124 cm³/mol. The van der Waals surface area contributed by atoms with Gasteiger partial charge in [-0.3, -0.25) is 4.79 Å². The number of benzene rings is 4. The molecule has 0 saturated carbocycles. The van der Waals surface area contributed by atoms with Gasteiger partial charge in [-0.2, -0.15) is 13.2 Å². The second kappa shape index (κ2) is 7.81. The molecule has 0 spiro atoms. The molecule has 0 aliphatic heterocycles. The van der Waals surface area contributed by atoms with Crippen LogP contribution in [0, 0.1) is 0 Å². The van der Waals surface area contributed by atoms with Gasteiger partial charge in [0.1, 0.15) is 0 Å². The predicted octanol–water partition coefficient (Wildman–Crippen LogP) is 6.63. The van der Waals surface area contributed by atoms with E-state index in [1.165, 1.54) is 12.1 Å². The molecule has 3 nitrogen and oxygen atoms in total. The maximum absolute atomic E-state index is 13.0. The molecule has 0 saturated heterocycles. The van der Waals surface area contributed by atoms with Crippen LogP contribution in [0.25, 0.3) is 32.9 Å². The molecule has 0 radical (unpaired) electrons. The third kappa shape index (κ3) is 3.74. The smallest absolute Gasteiger partial charge is 0.366 e. The Morgan fingerprint density at radius 2 is 1.48 bits per heavy atom. The van der Waals surface area contributed by atoms with Gasteiger partial charge < -0.3 is 10.3 Å². The topological polar surface area (TPSA) is 48.0 Å². The van der Waals surface area contributed by atoms with Gasteiger partial charge in [-0.1, -0.05) is 60.7 Å². The van der Waals surface area contributed by atoms with Crippen LogP contribution in [0.1, 0.15) is 21.5 Å². The summed E-state index contributed by atoms with van der Waals surface area (Å²) < 4.78 is 41.0. The number of carbonyl (C=O) groups excluding carboxylic acids is 1. The second-order valence-corrected chi connectivity index (χ2v) is 7.94. The maximum Gasteiger partial charge on any atom is 0.416 e. The number of rotatable bonds is 4. The van der Waals surface area contributed by atoms with Crippen molar-refractivity contribution in [2.45, 2.75) is 12.7 Å². The van der Waals surface area contributed by atoms with Crippen LogP contribution in [0.2, 0.25) is 0 Å². The average molecular weight is 444 g/mol. The average Bonchev–Trinajstić information content (AvgIpc) is 3.12. The van der Waals surface area contributed by atoms with Crippen LogP contribution < -0.4 is 5.73 Å². The van der Waals surface area contributed by atoms with E-state index in [1.54, 1.807) is 12.1 Å². The van der Waals surface area contributed by atoms with Crippen LogP contribution in [0.3, 0.4) is 0 Å². The van der Waals surface area contributed by atoms with Crippen molar-refractivity contribution >= 4 is 27.7 Å². The zero-order valence-corrected chi connectivity index (χ0v) is 17.4. The summed E-state index contributed by atoms with van der Waals surface area (Å²) in [6.45, 7) is 0.569. The quantitative estimate of drug-likeness (QED) is 0.332. The minimum Gasteiger partial charge on any atom is -0.366 e. The zero-order chi connectivity index (χ0) is 23.2. The van der Waals surface area contributed by atoms with Gasteiger partial charge in [0.25, 0.3) is 0 Å². The van der Waals surface area contributed by atoms with Gasteiger partial charge in [0.15, 0.2) is 0 Å². The lowest BCUT2D eigenvalue weighted by Crippen LogP contribution is -2.11. The maximum atomic E-state index is 13.0. The first-order chi connectivity index (χ1) is 15.8. The molecule has 164 valence electrons. The van der Waals surface area contributed by atoms with E-state index in [2.05, 4.69) is 4.57 Å². The highest BCUT2D eigenvalue weighted by Gasteiger charge is 2.30. The first kappa shape index (κ1) is 20.8. The van der Waals surface area contributed by atoms with Crippen LogP contribution in [0.5, 0.6) is 0 Å². The summed E-state index contributed by atoms with van der Waals surface area (Å²) in [5.41, 5.74) is 9.71. The number of nitrogens with zero attached hydrogens (tertiary/aromatic N) is 1. The van der Waals surface area contributed by atoms with E-state index in [4.69, 9.17) is 5.73 Å². The van der Waals surface area contributed by atoms with E-state index in [0.29, 0.717) is 17.7 Å². The zero-order valence-electron chi connectivity index (χ0n) is 17.4. The van der Waals surface area contributed by atoms with Crippen molar-refractivity contribution in [2.24, 2.45) is 5.73 Å². The fourth-order valence-electron chi connectivity index (χ4n) is 4.32. The summed E-state index contributed by atoms with van der Waals surface area (Å²) >= 11 is 0. The number of primary amides is 1. The number of carbonyl (C=O) groups is 1. The first-order valence-corrected chi connectivity index (χ1v) is 10.4. The van der Waals surface area contributed by atoms with Crippen LogP contribution in [0.15, 0.2) is 91.0 Å². The van der Waals surface area contributed by atoms with Gasteiger partial charge >= 0.3 is 6.18 Å². The molecule has 0 fully saturated rings. The fraction of sp³-hybridized carbons (Fsp3) is 0.0741. The number of hydrogen-bond donors (Lipinski definition) is 1. The number of amides is 1. The summed E-state index contributed by atoms with van der Waals surface area (Å²) in [5.74, 6) is -0.508. The molecule has 0 aliphatic carbocycles. The second-order valence-electron chi connectivity index (χ2n) is 7.94. The molecule has 0 aliphatic rings. The third-order valence-corrected chi connectivity index (χ3v) is 5.89. The van der Waals surface area contributed by atoms with E-state index in [0.717, 1.165) is 45.1 Å². The number of alkyl halides is 3. The van der Waals surface area contributed by atoms with Crippen LogP contribution in [-0.4, -0.2) is 10.5 Å².